The minimum Gasteiger partial charge on any atom is -0.469 e. The molecule has 19 heavy (non-hydrogen) atoms. The van der Waals surface area contributed by atoms with Crippen molar-refractivity contribution in [3.8, 4) is 0 Å². The van der Waals surface area contributed by atoms with Crippen molar-refractivity contribution in [3.05, 3.63) is 30.1 Å². The van der Waals surface area contributed by atoms with Crippen LogP contribution in [-0.2, 0) is 20.7 Å². The molecule has 0 unspecified atom stereocenters. The van der Waals surface area contributed by atoms with E-state index in [4.69, 9.17) is 0 Å². The quantitative estimate of drug-likeness (QED) is 0.570. The summed E-state index contributed by atoms with van der Waals surface area (Å²) in [6, 6.07) is 3.66. The molecule has 0 bridgehead atoms. The number of carbonyl (C=O) groups excluding carboxylic acids is 2. The first-order chi connectivity index (χ1) is 9.22. The van der Waals surface area contributed by atoms with Gasteiger partial charge in [0.25, 0.3) is 0 Å². The van der Waals surface area contributed by atoms with Gasteiger partial charge in [-0.25, -0.2) is 0 Å². The van der Waals surface area contributed by atoms with Gasteiger partial charge in [0.05, 0.1) is 13.5 Å². The molecular formula is C14H20N2O3. The number of hydrogen-bond donors (Lipinski definition) is 1. The Morgan fingerprint density at radius 1 is 1.21 bits per heavy atom. The molecule has 0 spiro atoms. The number of ether oxygens (including phenoxy) is 1. The van der Waals surface area contributed by atoms with Crippen molar-refractivity contribution >= 4 is 11.9 Å². The van der Waals surface area contributed by atoms with E-state index in [0.29, 0.717) is 19.4 Å². The molecule has 104 valence electrons. The Balaban J connectivity index is 2.03. The van der Waals surface area contributed by atoms with Crippen LogP contribution in [-0.4, -0.2) is 30.5 Å². The summed E-state index contributed by atoms with van der Waals surface area (Å²) in [6.45, 7) is 0.644. The summed E-state index contributed by atoms with van der Waals surface area (Å²) < 4.78 is 4.55. The van der Waals surface area contributed by atoms with E-state index in [-0.39, 0.29) is 11.9 Å². The second-order valence-electron chi connectivity index (χ2n) is 4.27. The van der Waals surface area contributed by atoms with Gasteiger partial charge in [0.1, 0.15) is 0 Å². The van der Waals surface area contributed by atoms with Crippen LogP contribution in [0.4, 0.5) is 0 Å². The number of nitrogens with zero attached hydrogens (tertiary/aromatic N) is 1. The third kappa shape index (κ3) is 7.18. The Labute approximate surface area is 113 Å². The molecule has 1 N–H and O–H groups in total. The molecule has 0 aliphatic rings. The Bertz CT molecular complexity index is 393. The van der Waals surface area contributed by atoms with E-state index in [9.17, 15) is 9.59 Å². The highest BCUT2D eigenvalue weighted by Crippen LogP contribution is 2.01. The van der Waals surface area contributed by atoms with Crippen LogP contribution in [0.15, 0.2) is 24.5 Å². The van der Waals surface area contributed by atoms with Crippen LogP contribution in [0.3, 0.4) is 0 Å². The molecule has 0 radical (unpaired) electrons. The minimum absolute atomic E-state index is 0.0131. The van der Waals surface area contributed by atoms with Gasteiger partial charge >= 0.3 is 5.97 Å². The van der Waals surface area contributed by atoms with Crippen molar-refractivity contribution in [2.45, 2.75) is 32.1 Å². The molecule has 1 heterocycles. The maximum atomic E-state index is 11.6. The molecule has 1 amide bonds. The van der Waals surface area contributed by atoms with E-state index < -0.39 is 0 Å². The number of pyridine rings is 1. The first kappa shape index (κ1) is 15.1. The Morgan fingerprint density at radius 3 is 2.63 bits per heavy atom. The number of nitrogens with one attached hydrogen (secondary N) is 1. The molecule has 0 aliphatic heterocycles. The van der Waals surface area contributed by atoms with Gasteiger partial charge in [-0.15, -0.1) is 0 Å². The van der Waals surface area contributed by atoms with Gasteiger partial charge in [0.15, 0.2) is 0 Å². The van der Waals surface area contributed by atoms with Crippen LogP contribution in [0.25, 0.3) is 0 Å². The maximum Gasteiger partial charge on any atom is 0.305 e. The largest absolute Gasteiger partial charge is 0.469 e. The zero-order chi connectivity index (χ0) is 13.9. The van der Waals surface area contributed by atoms with Crippen LogP contribution >= 0.6 is 0 Å². The smallest absolute Gasteiger partial charge is 0.305 e. The number of hydrogen-bond acceptors (Lipinski definition) is 4. The molecule has 0 atom stereocenters. The van der Waals surface area contributed by atoms with Crippen LogP contribution in [0, 0.1) is 0 Å². The highest BCUT2D eigenvalue weighted by atomic mass is 16.5. The van der Waals surface area contributed by atoms with E-state index in [0.717, 1.165) is 24.8 Å². The summed E-state index contributed by atoms with van der Waals surface area (Å²) in [5, 5.41) is 2.86. The van der Waals surface area contributed by atoms with Crippen LogP contribution in [0.1, 0.15) is 31.2 Å². The molecule has 5 heteroatoms. The van der Waals surface area contributed by atoms with Crippen molar-refractivity contribution in [2.24, 2.45) is 0 Å². The summed E-state index contributed by atoms with van der Waals surface area (Å²) in [7, 11) is 1.39. The lowest BCUT2D eigenvalue weighted by molar-refractivity contribution is -0.140. The van der Waals surface area contributed by atoms with Crippen molar-refractivity contribution in [3.63, 3.8) is 0 Å². The lowest BCUT2D eigenvalue weighted by Crippen LogP contribution is -2.26. The topological polar surface area (TPSA) is 68.3 Å². The van der Waals surface area contributed by atoms with E-state index in [1.165, 1.54) is 7.11 Å². The number of methoxy groups -OCH3 is 1. The fraction of sp³-hybridized carbons (Fsp3) is 0.500. The molecule has 1 aromatic rings. The van der Waals surface area contributed by atoms with E-state index in [1.807, 2.05) is 12.1 Å². The normalized spacial score (nSPS) is 9.95. The maximum absolute atomic E-state index is 11.6. The summed E-state index contributed by atoms with van der Waals surface area (Å²) in [4.78, 5) is 26.4. The van der Waals surface area contributed by atoms with Crippen molar-refractivity contribution in [2.75, 3.05) is 13.7 Å². The molecule has 1 aromatic heterocycles. The molecule has 5 nitrogen and oxygen atoms in total. The summed E-state index contributed by atoms with van der Waals surface area (Å²) >= 11 is 0. The summed E-state index contributed by atoms with van der Waals surface area (Å²) in [5.41, 5.74) is 0.957. The monoisotopic (exact) mass is 264 g/mol. The highest BCUT2D eigenvalue weighted by Gasteiger charge is 2.03. The van der Waals surface area contributed by atoms with Gasteiger partial charge < -0.3 is 10.1 Å². The Kier molecular flexibility index (Phi) is 7.24. The zero-order valence-corrected chi connectivity index (χ0v) is 11.2. The average molecular weight is 264 g/mol. The van der Waals surface area contributed by atoms with Crippen molar-refractivity contribution in [1.29, 1.82) is 0 Å². The average Bonchev–Trinajstić information content (AvgIpc) is 2.43. The number of aromatic nitrogens is 1. The first-order valence-corrected chi connectivity index (χ1v) is 6.45. The molecule has 1 rings (SSSR count). The number of unbranched alkanes of at least 4 members (excludes halogenated alkanes) is 2. The van der Waals surface area contributed by atoms with Gasteiger partial charge in [-0.1, -0.05) is 6.42 Å². The molecule has 0 saturated heterocycles. The summed E-state index contributed by atoms with van der Waals surface area (Å²) in [6.07, 6.45) is 6.76. The number of esters is 1. The summed E-state index contributed by atoms with van der Waals surface area (Å²) in [5.74, 6) is -0.166. The zero-order valence-electron chi connectivity index (χ0n) is 11.2. The van der Waals surface area contributed by atoms with Crippen LogP contribution < -0.4 is 5.32 Å². The SMILES string of the molecule is COC(=O)CCCCCNC(=O)Cc1ccncc1. The molecule has 0 fully saturated rings. The fourth-order valence-corrected chi connectivity index (χ4v) is 1.65. The van der Waals surface area contributed by atoms with Gasteiger partial charge in [0, 0.05) is 25.4 Å². The second kappa shape index (κ2) is 9.08. The standard InChI is InChI=1S/C14H20N2O3/c1-19-14(18)5-3-2-4-8-16-13(17)11-12-6-9-15-10-7-12/h6-7,9-10H,2-5,8,11H2,1H3,(H,16,17). The van der Waals surface area contributed by atoms with Crippen LogP contribution in [0.5, 0.6) is 0 Å². The van der Waals surface area contributed by atoms with Gasteiger partial charge in [0.2, 0.25) is 5.91 Å². The van der Waals surface area contributed by atoms with Gasteiger partial charge in [-0.3, -0.25) is 14.6 Å². The third-order valence-corrected chi connectivity index (χ3v) is 2.72. The molecular weight excluding hydrogens is 244 g/mol. The van der Waals surface area contributed by atoms with Crippen molar-refractivity contribution in [1.82, 2.24) is 10.3 Å². The second-order valence-corrected chi connectivity index (χ2v) is 4.27. The Morgan fingerprint density at radius 2 is 1.95 bits per heavy atom. The first-order valence-electron chi connectivity index (χ1n) is 6.45. The number of amides is 1. The molecule has 0 saturated carbocycles. The predicted octanol–water partition coefficient (Wildman–Crippen LogP) is 1.47. The number of carbonyl (C=O) groups is 2. The van der Waals surface area contributed by atoms with Gasteiger partial charge in [-0.05, 0) is 30.5 Å². The van der Waals surface area contributed by atoms with E-state index >= 15 is 0 Å². The van der Waals surface area contributed by atoms with E-state index in [2.05, 4.69) is 15.0 Å². The van der Waals surface area contributed by atoms with Crippen molar-refractivity contribution < 1.29 is 14.3 Å². The molecule has 0 aliphatic carbocycles. The third-order valence-electron chi connectivity index (χ3n) is 2.72. The molecule has 0 aromatic carbocycles. The van der Waals surface area contributed by atoms with Crippen LogP contribution in [0.2, 0.25) is 0 Å². The van der Waals surface area contributed by atoms with Gasteiger partial charge in [-0.2, -0.15) is 0 Å². The lowest BCUT2D eigenvalue weighted by Gasteiger charge is -2.05. The fourth-order valence-electron chi connectivity index (χ4n) is 1.65. The number of rotatable bonds is 8. The van der Waals surface area contributed by atoms with E-state index in [1.54, 1.807) is 12.4 Å². The Hall–Kier alpha value is -1.91. The lowest BCUT2D eigenvalue weighted by atomic mass is 10.2. The highest BCUT2D eigenvalue weighted by molar-refractivity contribution is 5.78. The predicted molar refractivity (Wildman–Crippen MR) is 71.4 cm³/mol. The minimum atomic E-state index is -0.179.